The molecule has 1 amide bonds. The highest BCUT2D eigenvalue weighted by Gasteiger charge is 2.43. The number of benzene rings is 2. The lowest BCUT2D eigenvalue weighted by atomic mass is 9.67. The fourth-order valence-electron chi connectivity index (χ4n) is 5.62. The standard InChI is InChI=1S/C26H33NO3/c1-17(2)24-13-12-18(3)14-26(24,29)16-27-25(28)30-15-23-21-10-6-4-8-19(21)20-9-5-7-11-22(20)23/h4-11,17-18,23-24,29H,12-16H2,1-3H3,(H,27,28)/t18-,24+,26+/m1/s1. The first-order valence-electron chi connectivity index (χ1n) is 11.2. The van der Waals surface area contributed by atoms with Gasteiger partial charge in [0.05, 0.1) is 5.60 Å². The minimum atomic E-state index is -0.864. The lowest BCUT2D eigenvalue weighted by molar-refractivity contribution is -0.0773. The predicted octanol–water partition coefficient (Wildman–Crippen LogP) is 5.35. The largest absolute Gasteiger partial charge is 0.449 e. The van der Waals surface area contributed by atoms with E-state index in [4.69, 9.17) is 4.74 Å². The van der Waals surface area contributed by atoms with Crippen molar-refractivity contribution in [2.45, 2.75) is 51.6 Å². The lowest BCUT2D eigenvalue weighted by Crippen LogP contribution is -2.53. The first-order chi connectivity index (χ1) is 14.4. The van der Waals surface area contributed by atoms with Gasteiger partial charge in [0.1, 0.15) is 6.61 Å². The number of hydrogen-bond donors (Lipinski definition) is 2. The first kappa shape index (κ1) is 20.9. The summed E-state index contributed by atoms with van der Waals surface area (Å²) in [6, 6.07) is 16.6. The SMILES string of the molecule is CC(C)[C@@H]1CC[C@@H](C)C[C@]1(O)CNC(=O)OCC1c2ccccc2-c2ccccc21. The fraction of sp³-hybridized carbons (Fsp3) is 0.500. The average molecular weight is 408 g/mol. The predicted molar refractivity (Wildman–Crippen MR) is 119 cm³/mol. The molecule has 0 aromatic heterocycles. The number of amides is 1. The van der Waals surface area contributed by atoms with E-state index in [1.165, 1.54) is 22.3 Å². The molecule has 0 radical (unpaired) electrons. The van der Waals surface area contributed by atoms with Crippen LogP contribution in [0.3, 0.4) is 0 Å². The van der Waals surface area contributed by atoms with E-state index in [-0.39, 0.29) is 18.4 Å². The number of nitrogens with one attached hydrogen (secondary N) is 1. The van der Waals surface area contributed by atoms with E-state index in [0.29, 0.717) is 18.4 Å². The molecule has 30 heavy (non-hydrogen) atoms. The van der Waals surface area contributed by atoms with Crippen LogP contribution in [0.2, 0.25) is 0 Å². The summed E-state index contributed by atoms with van der Waals surface area (Å²) in [6.45, 7) is 7.02. The molecule has 0 bridgehead atoms. The highest BCUT2D eigenvalue weighted by atomic mass is 16.5. The molecule has 2 aliphatic carbocycles. The summed E-state index contributed by atoms with van der Waals surface area (Å²) in [6.07, 6.45) is 2.41. The summed E-state index contributed by atoms with van der Waals surface area (Å²) < 4.78 is 5.64. The molecule has 160 valence electrons. The van der Waals surface area contributed by atoms with Gasteiger partial charge in [0.2, 0.25) is 0 Å². The highest BCUT2D eigenvalue weighted by molar-refractivity contribution is 5.79. The lowest BCUT2D eigenvalue weighted by Gasteiger charge is -2.44. The number of carbonyl (C=O) groups excluding carboxylic acids is 1. The monoisotopic (exact) mass is 407 g/mol. The van der Waals surface area contributed by atoms with Crippen LogP contribution in [0.5, 0.6) is 0 Å². The Morgan fingerprint density at radius 1 is 1.10 bits per heavy atom. The van der Waals surface area contributed by atoms with Crippen molar-refractivity contribution in [2.75, 3.05) is 13.2 Å². The summed E-state index contributed by atoms with van der Waals surface area (Å²) in [5, 5.41) is 14.1. The van der Waals surface area contributed by atoms with Gasteiger partial charge in [0, 0.05) is 12.5 Å². The van der Waals surface area contributed by atoms with Crippen molar-refractivity contribution in [3.63, 3.8) is 0 Å². The minimum absolute atomic E-state index is 0.0457. The molecule has 0 heterocycles. The Morgan fingerprint density at radius 3 is 2.30 bits per heavy atom. The molecule has 4 nitrogen and oxygen atoms in total. The zero-order chi connectivity index (χ0) is 21.3. The zero-order valence-electron chi connectivity index (χ0n) is 18.2. The van der Waals surface area contributed by atoms with E-state index in [2.05, 4.69) is 50.4 Å². The van der Waals surface area contributed by atoms with Crippen LogP contribution in [0.1, 0.15) is 57.1 Å². The second-order valence-electron chi connectivity index (χ2n) is 9.52. The van der Waals surface area contributed by atoms with Gasteiger partial charge in [-0.2, -0.15) is 0 Å². The van der Waals surface area contributed by atoms with E-state index in [1.54, 1.807) is 0 Å². The van der Waals surface area contributed by atoms with Gasteiger partial charge in [-0.1, -0.05) is 75.7 Å². The Kier molecular flexibility index (Phi) is 5.88. The van der Waals surface area contributed by atoms with E-state index < -0.39 is 11.7 Å². The van der Waals surface area contributed by atoms with E-state index in [1.807, 2.05) is 24.3 Å². The van der Waals surface area contributed by atoms with E-state index >= 15 is 0 Å². The summed E-state index contributed by atoms with van der Waals surface area (Å²) >= 11 is 0. The molecule has 2 aromatic carbocycles. The molecular weight excluding hydrogens is 374 g/mol. The molecule has 2 aliphatic rings. The van der Waals surface area contributed by atoms with Crippen LogP contribution < -0.4 is 5.32 Å². The maximum Gasteiger partial charge on any atom is 0.407 e. The second-order valence-corrected chi connectivity index (χ2v) is 9.52. The summed E-state index contributed by atoms with van der Waals surface area (Å²) in [7, 11) is 0. The van der Waals surface area contributed by atoms with Crippen LogP contribution in [-0.2, 0) is 4.74 Å². The Labute approximate surface area is 179 Å². The van der Waals surface area contributed by atoms with Gasteiger partial charge in [0.25, 0.3) is 0 Å². The number of alkyl carbamates (subject to hydrolysis) is 1. The molecule has 4 rings (SSSR count). The van der Waals surface area contributed by atoms with Crippen molar-refractivity contribution in [1.29, 1.82) is 0 Å². The Hall–Kier alpha value is -2.33. The molecule has 2 aromatic rings. The number of carbonyl (C=O) groups is 1. The van der Waals surface area contributed by atoms with Crippen molar-refractivity contribution < 1.29 is 14.6 Å². The fourth-order valence-corrected chi connectivity index (χ4v) is 5.62. The highest BCUT2D eigenvalue weighted by Crippen LogP contribution is 2.44. The first-order valence-corrected chi connectivity index (χ1v) is 11.2. The van der Waals surface area contributed by atoms with Crippen molar-refractivity contribution in [3.05, 3.63) is 59.7 Å². The normalized spacial score (nSPS) is 25.6. The summed E-state index contributed by atoms with van der Waals surface area (Å²) in [4.78, 5) is 12.5. The third-order valence-electron chi connectivity index (χ3n) is 7.05. The van der Waals surface area contributed by atoms with Crippen molar-refractivity contribution in [1.82, 2.24) is 5.32 Å². The number of aliphatic hydroxyl groups is 1. The second kappa shape index (κ2) is 8.43. The third kappa shape index (κ3) is 3.98. The number of fused-ring (bicyclic) bond motifs is 3. The van der Waals surface area contributed by atoms with Crippen molar-refractivity contribution in [3.8, 4) is 11.1 Å². The average Bonchev–Trinajstić information content (AvgIpc) is 3.04. The molecule has 0 spiro atoms. The molecule has 2 N–H and O–H groups in total. The maximum absolute atomic E-state index is 12.5. The molecule has 3 atom stereocenters. The number of rotatable bonds is 5. The van der Waals surface area contributed by atoms with Gasteiger partial charge in [0.15, 0.2) is 0 Å². The molecule has 0 saturated heterocycles. The summed E-state index contributed by atoms with van der Waals surface area (Å²) in [5.74, 6) is 1.09. The summed E-state index contributed by atoms with van der Waals surface area (Å²) in [5.41, 5.74) is 3.97. The van der Waals surface area contributed by atoms with Gasteiger partial charge < -0.3 is 15.2 Å². The Morgan fingerprint density at radius 2 is 1.70 bits per heavy atom. The molecule has 1 saturated carbocycles. The maximum atomic E-state index is 12.5. The van der Waals surface area contributed by atoms with Crippen LogP contribution in [0.15, 0.2) is 48.5 Å². The molecular formula is C26H33NO3. The van der Waals surface area contributed by atoms with Crippen LogP contribution in [-0.4, -0.2) is 30.0 Å². The minimum Gasteiger partial charge on any atom is -0.449 e. The van der Waals surface area contributed by atoms with E-state index in [9.17, 15) is 9.90 Å². The van der Waals surface area contributed by atoms with Gasteiger partial charge >= 0.3 is 6.09 Å². The molecule has 1 fully saturated rings. The van der Waals surface area contributed by atoms with Crippen LogP contribution in [0, 0.1) is 17.8 Å². The van der Waals surface area contributed by atoms with Gasteiger partial charge in [-0.3, -0.25) is 0 Å². The topological polar surface area (TPSA) is 58.6 Å². The van der Waals surface area contributed by atoms with E-state index in [0.717, 1.165) is 19.3 Å². The molecule has 0 unspecified atom stereocenters. The van der Waals surface area contributed by atoms with Gasteiger partial charge in [-0.25, -0.2) is 4.79 Å². The quantitative estimate of drug-likeness (QED) is 0.702. The van der Waals surface area contributed by atoms with Crippen molar-refractivity contribution in [2.24, 2.45) is 17.8 Å². The van der Waals surface area contributed by atoms with Gasteiger partial charge in [-0.05, 0) is 52.8 Å². The van der Waals surface area contributed by atoms with Gasteiger partial charge in [-0.15, -0.1) is 0 Å². The molecule has 0 aliphatic heterocycles. The van der Waals surface area contributed by atoms with Crippen LogP contribution >= 0.6 is 0 Å². The zero-order valence-corrected chi connectivity index (χ0v) is 18.2. The smallest absolute Gasteiger partial charge is 0.407 e. The van der Waals surface area contributed by atoms with Crippen LogP contribution in [0.4, 0.5) is 4.79 Å². The number of ether oxygens (including phenoxy) is 1. The van der Waals surface area contributed by atoms with Crippen molar-refractivity contribution >= 4 is 6.09 Å². The third-order valence-corrected chi connectivity index (χ3v) is 7.05. The Balaban J connectivity index is 1.40. The molecule has 4 heteroatoms. The Bertz CT molecular complexity index is 863. The van der Waals surface area contributed by atoms with Crippen LogP contribution in [0.25, 0.3) is 11.1 Å². The number of hydrogen-bond acceptors (Lipinski definition) is 3.